The minimum atomic E-state index is -0.165. The van der Waals surface area contributed by atoms with Gasteiger partial charge in [0.25, 0.3) is 5.91 Å². The SMILES string of the molecule is CCNc1cc(C(=O)NCc2ncn(C)n2)cc(C)n1. The summed E-state index contributed by atoms with van der Waals surface area (Å²) in [7, 11) is 1.78. The molecule has 0 aliphatic heterocycles. The molecule has 7 heteroatoms. The number of nitrogens with zero attached hydrogens (tertiary/aromatic N) is 4. The molecule has 2 heterocycles. The van der Waals surface area contributed by atoms with Crippen molar-refractivity contribution in [3.8, 4) is 0 Å². The van der Waals surface area contributed by atoms with E-state index < -0.39 is 0 Å². The van der Waals surface area contributed by atoms with E-state index in [1.165, 1.54) is 0 Å². The molecule has 0 unspecified atom stereocenters. The van der Waals surface area contributed by atoms with E-state index in [1.807, 2.05) is 13.8 Å². The molecule has 0 saturated carbocycles. The van der Waals surface area contributed by atoms with Crippen LogP contribution in [0.4, 0.5) is 5.82 Å². The predicted molar refractivity (Wildman–Crippen MR) is 75.3 cm³/mol. The molecule has 0 aliphatic rings. The van der Waals surface area contributed by atoms with Crippen molar-refractivity contribution in [3.05, 3.63) is 35.5 Å². The Balaban J connectivity index is 2.04. The molecule has 0 bridgehead atoms. The van der Waals surface area contributed by atoms with Crippen LogP contribution in [0.2, 0.25) is 0 Å². The number of hydrogen-bond donors (Lipinski definition) is 2. The molecule has 7 nitrogen and oxygen atoms in total. The minimum absolute atomic E-state index is 0.165. The number of hydrogen-bond acceptors (Lipinski definition) is 5. The number of carbonyl (C=O) groups excluding carboxylic acids is 1. The standard InChI is InChI=1S/C13H18N6O/c1-4-14-11-6-10(5-9(2)17-11)13(20)15-7-12-16-8-19(3)18-12/h5-6,8H,4,7H2,1-3H3,(H,14,17)(H,15,20). The Morgan fingerprint density at radius 1 is 1.40 bits per heavy atom. The fraction of sp³-hybridized carbons (Fsp3) is 0.385. The van der Waals surface area contributed by atoms with E-state index in [0.29, 0.717) is 23.8 Å². The number of anilines is 1. The average molecular weight is 274 g/mol. The monoisotopic (exact) mass is 274 g/mol. The molecule has 0 fully saturated rings. The van der Waals surface area contributed by atoms with E-state index in [1.54, 1.807) is 30.2 Å². The Morgan fingerprint density at radius 2 is 2.20 bits per heavy atom. The van der Waals surface area contributed by atoms with Gasteiger partial charge in [-0.3, -0.25) is 9.48 Å². The van der Waals surface area contributed by atoms with Crippen molar-refractivity contribution >= 4 is 11.7 Å². The van der Waals surface area contributed by atoms with Crippen LogP contribution in [0.15, 0.2) is 18.5 Å². The summed E-state index contributed by atoms with van der Waals surface area (Å²) in [6, 6.07) is 3.49. The van der Waals surface area contributed by atoms with Crippen LogP contribution in [0.5, 0.6) is 0 Å². The predicted octanol–water partition coefficient (Wildman–Crippen LogP) is 0.880. The third-order valence-corrected chi connectivity index (χ3v) is 2.63. The zero-order chi connectivity index (χ0) is 14.5. The first-order valence-electron chi connectivity index (χ1n) is 6.43. The van der Waals surface area contributed by atoms with Gasteiger partial charge in [-0.1, -0.05) is 0 Å². The lowest BCUT2D eigenvalue weighted by Gasteiger charge is -2.07. The van der Waals surface area contributed by atoms with Gasteiger partial charge >= 0.3 is 0 Å². The second-order valence-corrected chi connectivity index (χ2v) is 4.43. The molecule has 0 atom stereocenters. The third kappa shape index (κ3) is 3.53. The summed E-state index contributed by atoms with van der Waals surface area (Å²) in [5.41, 5.74) is 1.37. The van der Waals surface area contributed by atoms with Crippen LogP contribution in [-0.2, 0) is 13.6 Å². The number of nitrogens with one attached hydrogen (secondary N) is 2. The van der Waals surface area contributed by atoms with Gasteiger partial charge in [0.2, 0.25) is 0 Å². The van der Waals surface area contributed by atoms with E-state index in [2.05, 4.69) is 25.7 Å². The lowest BCUT2D eigenvalue weighted by molar-refractivity contribution is 0.0949. The van der Waals surface area contributed by atoms with Crippen molar-refractivity contribution < 1.29 is 4.79 Å². The molecule has 106 valence electrons. The number of aromatic nitrogens is 4. The molecule has 0 radical (unpaired) electrons. The van der Waals surface area contributed by atoms with Crippen LogP contribution in [-0.4, -0.2) is 32.2 Å². The normalized spacial score (nSPS) is 10.3. The van der Waals surface area contributed by atoms with Gasteiger partial charge in [-0.05, 0) is 26.0 Å². The Kier molecular flexibility index (Phi) is 4.29. The lowest BCUT2D eigenvalue weighted by atomic mass is 10.2. The maximum atomic E-state index is 12.1. The van der Waals surface area contributed by atoms with Crippen LogP contribution in [0.3, 0.4) is 0 Å². The molecule has 0 aliphatic carbocycles. The first-order chi connectivity index (χ1) is 9.58. The Bertz CT molecular complexity index is 607. The number of rotatable bonds is 5. The van der Waals surface area contributed by atoms with E-state index in [4.69, 9.17) is 0 Å². The van der Waals surface area contributed by atoms with E-state index in [9.17, 15) is 4.79 Å². The minimum Gasteiger partial charge on any atom is -0.370 e. The Labute approximate surface area is 117 Å². The van der Waals surface area contributed by atoms with Gasteiger partial charge in [-0.2, -0.15) is 5.10 Å². The van der Waals surface area contributed by atoms with Crippen molar-refractivity contribution in [3.63, 3.8) is 0 Å². The van der Waals surface area contributed by atoms with E-state index in [0.717, 1.165) is 12.2 Å². The Hall–Kier alpha value is -2.44. The van der Waals surface area contributed by atoms with Gasteiger partial charge in [0.1, 0.15) is 12.1 Å². The maximum Gasteiger partial charge on any atom is 0.251 e. The topological polar surface area (TPSA) is 84.7 Å². The smallest absolute Gasteiger partial charge is 0.251 e. The molecule has 20 heavy (non-hydrogen) atoms. The maximum absolute atomic E-state index is 12.1. The summed E-state index contributed by atoms with van der Waals surface area (Å²) in [4.78, 5) is 20.5. The van der Waals surface area contributed by atoms with Crippen molar-refractivity contribution in [1.29, 1.82) is 0 Å². The highest BCUT2D eigenvalue weighted by Gasteiger charge is 2.09. The zero-order valence-corrected chi connectivity index (χ0v) is 11.8. The van der Waals surface area contributed by atoms with Gasteiger partial charge in [-0.15, -0.1) is 0 Å². The number of pyridine rings is 1. The summed E-state index contributed by atoms with van der Waals surface area (Å²) in [5.74, 6) is 1.12. The van der Waals surface area contributed by atoms with Crippen LogP contribution in [0.25, 0.3) is 0 Å². The third-order valence-electron chi connectivity index (χ3n) is 2.63. The largest absolute Gasteiger partial charge is 0.370 e. The molecule has 0 aromatic carbocycles. The van der Waals surface area contributed by atoms with Crippen LogP contribution >= 0.6 is 0 Å². The molecule has 0 saturated heterocycles. The van der Waals surface area contributed by atoms with Crippen molar-refractivity contribution in [2.45, 2.75) is 20.4 Å². The molecule has 2 N–H and O–H groups in total. The quantitative estimate of drug-likeness (QED) is 0.845. The molecule has 2 aromatic rings. The van der Waals surface area contributed by atoms with E-state index in [-0.39, 0.29) is 5.91 Å². The highest BCUT2D eigenvalue weighted by molar-refractivity contribution is 5.94. The number of aryl methyl sites for hydroxylation is 2. The zero-order valence-electron chi connectivity index (χ0n) is 11.8. The van der Waals surface area contributed by atoms with Crippen LogP contribution < -0.4 is 10.6 Å². The summed E-state index contributed by atoms with van der Waals surface area (Å²) >= 11 is 0. The fourth-order valence-electron chi connectivity index (χ4n) is 1.80. The molecular weight excluding hydrogens is 256 g/mol. The van der Waals surface area contributed by atoms with Crippen LogP contribution in [0, 0.1) is 6.92 Å². The number of carbonyl (C=O) groups is 1. The summed E-state index contributed by atoms with van der Waals surface area (Å²) in [6.07, 6.45) is 1.60. The molecule has 1 amide bonds. The second-order valence-electron chi connectivity index (χ2n) is 4.43. The second kappa shape index (κ2) is 6.14. The average Bonchev–Trinajstić information content (AvgIpc) is 2.81. The molecule has 2 aromatic heterocycles. The van der Waals surface area contributed by atoms with Gasteiger partial charge in [-0.25, -0.2) is 9.97 Å². The first kappa shape index (κ1) is 14.0. The highest BCUT2D eigenvalue weighted by atomic mass is 16.1. The van der Waals surface area contributed by atoms with Gasteiger partial charge < -0.3 is 10.6 Å². The fourth-order valence-corrected chi connectivity index (χ4v) is 1.80. The molecular formula is C13H18N6O. The summed E-state index contributed by atoms with van der Waals surface area (Å²) in [6.45, 7) is 4.90. The lowest BCUT2D eigenvalue weighted by Crippen LogP contribution is -2.24. The summed E-state index contributed by atoms with van der Waals surface area (Å²) < 4.78 is 1.60. The van der Waals surface area contributed by atoms with Crippen molar-refractivity contribution in [2.75, 3.05) is 11.9 Å². The first-order valence-corrected chi connectivity index (χ1v) is 6.43. The summed E-state index contributed by atoms with van der Waals surface area (Å²) in [5, 5.41) is 10.0. The van der Waals surface area contributed by atoms with Crippen molar-refractivity contribution in [2.24, 2.45) is 7.05 Å². The molecule has 0 spiro atoms. The van der Waals surface area contributed by atoms with Gasteiger partial charge in [0.15, 0.2) is 5.82 Å². The van der Waals surface area contributed by atoms with Gasteiger partial charge in [0.05, 0.1) is 6.54 Å². The molecule has 2 rings (SSSR count). The van der Waals surface area contributed by atoms with Crippen LogP contribution in [0.1, 0.15) is 28.8 Å². The highest BCUT2D eigenvalue weighted by Crippen LogP contribution is 2.10. The van der Waals surface area contributed by atoms with Crippen molar-refractivity contribution in [1.82, 2.24) is 25.1 Å². The van der Waals surface area contributed by atoms with Gasteiger partial charge in [0, 0.05) is 24.8 Å². The van der Waals surface area contributed by atoms with E-state index >= 15 is 0 Å². The number of amides is 1. The Morgan fingerprint density at radius 3 is 2.85 bits per heavy atom.